The fourth-order valence-corrected chi connectivity index (χ4v) is 3.83. The summed E-state index contributed by atoms with van der Waals surface area (Å²) in [5.41, 5.74) is 1.22. The predicted molar refractivity (Wildman–Crippen MR) is 109 cm³/mol. The Labute approximate surface area is 169 Å². The average Bonchev–Trinajstić information content (AvgIpc) is 3.28. The molecule has 0 unspecified atom stereocenters. The number of benzene rings is 1. The van der Waals surface area contributed by atoms with Crippen LogP contribution in [0.15, 0.2) is 30.3 Å². The summed E-state index contributed by atoms with van der Waals surface area (Å²) in [7, 11) is 0. The Hall–Kier alpha value is -3.23. The van der Waals surface area contributed by atoms with Crippen LogP contribution in [-0.4, -0.2) is 65.0 Å². The molecule has 9 heteroatoms. The van der Waals surface area contributed by atoms with Crippen LogP contribution in [0.25, 0.3) is 0 Å². The third kappa shape index (κ3) is 4.13. The van der Waals surface area contributed by atoms with Crippen LogP contribution in [0.3, 0.4) is 0 Å². The van der Waals surface area contributed by atoms with Crippen molar-refractivity contribution in [3.63, 3.8) is 0 Å². The van der Waals surface area contributed by atoms with E-state index in [4.69, 9.17) is 4.98 Å². The van der Waals surface area contributed by atoms with Gasteiger partial charge in [-0.2, -0.15) is 4.98 Å². The minimum Gasteiger partial charge on any atom is -0.353 e. The molecule has 9 nitrogen and oxygen atoms in total. The highest BCUT2D eigenvalue weighted by Crippen LogP contribution is 2.22. The lowest BCUT2D eigenvalue weighted by Crippen LogP contribution is -2.49. The van der Waals surface area contributed by atoms with E-state index in [1.165, 1.54) is 25.0 Å². The zero-order chi connectivity index (χ0) is 20.4. The molecule has 0 aliphatic carbocycles. The van der Waals surface area contributed by atoms with Crippen molar-refractivity contribution in [3.8, 4) is 0 Å². The lowest BCUT2D eigenvalue weighted by Gasteiger charge is -2.35. The van der Waals surface area contributed by atoms with Gasteiger partial charge in [-0.1, -0.05) is 6.07 Å². The molecule has 3 heterocycles. The maximum absolute atomic E-state index is 12.8. The number of carbonyl (C=O) groups is 1. The summed E-state index contributed by atoms with van der Waals surface area (Å²) >= 11 is 0. The van der Waals surface area contributed by atoms with Gasteiger partial charge in [-0.25, -0.2) is 4.98 Å². The number of amides is 1. The quantitative estimate of drug-likeness (QED) is 0.578. The molecule has 0 spiro atoms. The van der Waals surface area contributed by atoms with Crippen molar-refractivity contribution in [2.45, 2.75) is 19.8 Å². The van der Waals surface area contributed by atoms with Crippen LogP contribution in [0.4, 0.5) is 17.5 Å². The SMILES string of the molecule is Cc1cc(N2CCN(C(=O)c3cccc([N+](=O)[O-])c3)CC2)nc(N2CCCC2)n1. The standard InChI is InChI=1S/C20H24N6O3/c1-15-13-18(22-20(21-15)25-7-2-3-8-25)23-9-11-24(12-10-23)19(27)16-5-4-6-17(14-16)26(28)29/h4-6,13-14H,2-3,7-12H2,1H3. The molecule has 152 valence electrons. The van der Waals surface area contributed by atoms with E-state index in [9.17, 15) is 14.9 Å². The summed E-state index contributed by atoms with van der Waals surface area (Å²) < 4.78 is 0. The third-order valence-corrected chi connectivity index (χ3v) is 5.41. The molecule has 4 rings (SSSR count). The first-order chi connectivity index (χ1) is 14.0. The highest BCUT2D eigenvalue weighted by Gasteiger charge is 2.25. The molecule has 0 saturated carbocycles. The molecule has 0 bridgehead atoms. The van der Waals surface area contributed by atoms with Gasteiger partial charge in [0, 0.05) is 68.7 Å². The summed E-state index contributed by atoms with van der Waals surface area (Å²) in [5.74, 6) is 1.50. The van der Waals surface area contributed by atoms with Gasteiger partial charge in [-0.3, -0.25) is 14.9 Å². The average molecular weight is 396 g/mol. The molecule has 0 N–H and O–H groups in total. The van der Waals surface area contributed by atoms with Crippen LogP contribution in [0.2, 0.25) is 0 Å². The van der Waals surface area contributed by atoms with Gasteiger partial charge < -0.3 is 14.7 Å². The number of anilines is 2. The predicted octanol–water partition coefficient (Wildman–Crippen LogP) is 2.26. The second-order valence-electron chi connectivity index (χ2n) is 7.45. The first kappa shape index (κ1) is 19.1. The normalized spacial score (nSPS) is 16.9. The summed E-state index contributed by atoms with van der Waals surface area (Å²) in [5, 5.41) is 11.0. The number of nitrogens with zero attached hydrogens (tertiary/aromatic N) is 6. The van der Waals surface area contributed by atoms with E-state index >= 15 is 0 Å². The van der Waals surface area contributed by atoms with E-state index in [1.54, 1.807) is 17.0 Å². The van der Waals surface area contributed by atoms with E-state index < -0.39 is 4.92 Å². The zero-order valence-corrected chi connectivity index (χ0v) is 16.5. The minimum absolute atomic E-state index is 0.0691. The van der Waals surface area contributed by atoms with Crippen molar-refractivity contribution in [1.29, 1.82) is 0 Å². The van der Waals surface area contributed by atoms with Gasteiger partial charge in [0.25, 0.3) is 11.6 Å². The lowest BCUT2D eigenvalue weighted by atomic mass is 10.1. The van der Waals surface area contributed by atoms with Crippen molar-refractivity contribution in [1.82, 2.24) is 14.9 Å². The molecule has 2 aliphatic rings. The van der Waals surface area contributed by atoms with Gasteiger partial charge in [0.15, 0.2) is 0 Å². The molecule has 2 aliphatic heterocycles. The van der Waals surface area contributed by atoms with Crippen LogP contribution in [0.5, 0.6) is 0 Å². The number of rotatable bonds is 4. The Balaban J connectivity index is 1.43. The summed E-state index contributed by atoms with van der Waals surface area (Å²) in [6.07, 6.45) is 2.34. The van der Waals surface area contributed by atoms with E-state index in [1.807, 2.05) is 13.0 Å². The molecule has 1 amide bonds. The van der Waals surface area contributed by atoms with Gasteiger partial charge in [-0.15, -0.1) is 0 Å². The Morgan fingerprint density at radius 3 is 2.41 bits per heavy atom. The van der Waals surface area contributed by atoms with Crippen molar-refractivity contribution < 1.29 is 9.72 Å². The molecular formula is C20H24N6O3. The summed E-state index contributed by atoms with van der Waals surface area (Å²) in [4.78, 5) is 38.7. The minimum atomic E-state index is -0.482. The molecule has 0 radical (unpaired) electrons. The maximum Gasteiger partial charge on any atom is 0.270 e. The molecule has 29 heavy (non-hydrogen) atoms. The number of piperazine rings is 1. The zero-order valence-electron chi connectivity index (χ0n) is 16.5. The highest BCUT2D eigenvalue weighted by atomic mass is 16.6. The van der Waals surface area contributed by atoms with Crippen molar-refractivity contribution >= 4 is 23.4 Å². The largest absolute Gasteiger partial charge is 0.353 e. The Morgan fingerprint density at radius 1 is 1.00 bits per heavy atom. The van der Waals surface area contributed by atoms with Crippen molar-refractivity contribution in [2.75, 3.05) is 49.1 Å². The number of nitro groups is 1. The molecule has 2 fully saturated rings. The molecule has 1 aromatic heterocycles. The number of hydrogen-bond donors (Lipinski definition) is 0. The van der Waals surface area contributed by atoms with Gasteiger partial charge in [-0.05, 0) is 25.8 Å². The number of nitro benzene ring substituents is 1. The lowest BCUT2D eigenvalue weighted by molar-refractivity contribution is -0.384. The molecule has 2 saturated heterocycles. The topological polar surface area (TPSA) is 95.7 Å². The summed E-state index contributed by atoms with van der Waals surface area (Å²) in [6, 6.07) is 7.88. The molecule has 1 aromatic carbocycles. The van der Waals surface area contributed by atoms with E-state index in [2.05, 4.69) is 14.8 Å². The van der Waals surface area contributed by atoms with Gasteiger partial charge >= 0.3 is 0 Å². The fourth-order valence-electron chi connectivity index (χ4n) is 3.83. The van der Waals surface area contributed by atoms with Gasteiger partial charge in [0.2, 0.25) is 5.95 Å². The highest BCUT2D eigenvalue weighted by molar-refractivity contribution is 5.95. The van der Waals surface area contributed by atoms with Crippen LogP contribution in [-0.2, 0) is 0 Å². The molecular weight excluding hydrogens is 372 g/mol. The molecule has 2 aromatic rings. The van der Waals surface area contributed by atoms with Crippen LogP contribution in [0.1, 0.15) is 28.9 Å². The fraction of sp³-hybridized carbons (Fsp3) is 0.450. The second-order valence-corrected chi connectivity index (χ2v) is 7.45. The van der Waals surface area contributed by atoms with Crippen LogP contribution < -0.4 is 9.80 Å². The van der Waals surface area contributed by atoms with Crippen molar-refractivity contribution in [3.05, 3.63) is 51.7 Å². The number of carbonyl (C=O) groups excluding carboxylic acids is 1. The smallest absolute Gasteiger partial charge is 0.270 e. The number of non-ortho nitro benzene ring substituents is 1. The molecule has 0 atom stereocenters. The van der Waals surface area contributed by atoms with Crippen LogP contribution in [0, 0.1) is 17.0 Å². The second kappa shape index (κ2) is 8.02. The van der Waals surface area contributed by atoms with E-state index in [-0.39, 0.29) is 11.6 Å². The van der Waals surface area contributed by atoms with E-state index in [0.29, 0.717) is 31.7 Å². The monoisotopic (exact) mass is 396 g/mol. The van der Waals surface area contributed by atoms with E-state index in [0.717, 1.165) is 30.5 Å². The first-order valence-corrected chi connectivity index (χ1v) is 9.90. The Bertz CT molecular complexity index is 920. The third-order valence-electron chi connectivity index (χ3n) is 5.41. The Morgan fingerprint density at radius 2 is 1.72 bits per heavy atom. The summed E-state index contributed by atoms with van der Waals surface area (Å²) in [6.45, 7) is 6.38. The number of hydrogen-bond acceptors (Lipinski definition) is 7. The van der Waals surface area contributed by atoms with Crippen LogP contribution >= 0.6 is 0 Å². The number of aromatic nitrogens is 2. The van der Waals surface area contributed by atoms with Gasteiger partial charge in [0.1, 0.15) is 5.82 Å². The maximum atomic E-state index is 12.8. The van der Waals surface area contributed by atoms with Crippen molar-refractivity contribution in [2.24, 2.45) is 0 Å². The Kier molecular flexibility index (Phi) is 5.28. The van der Waals surface area contributed by atoms with Gasteiger partial charge in [0.05, 0.1) is 4.92 Å². The number of aryl methyl sites for hydroxylation is 1. The first-order valence-electron chi connectivity index (χ1n) is 9.90.